The van der Waals surface area contributed by atoms with Crippen molar-refractivity contribution in [2.24, 2.45) is 0 Å². The molecule has 3 rings (SSSR count). The molecule has 140 valence electrons. The summed E-state index contributed by atoms with van der Waals surface area (Å²) in [6.07, 6.45) is 2.71. The number of aryl methyl sites for hydroxylation is 1. The van der Waals surface area contributed by atoms with Crippen LogP contribution in [-0.2, 0) is 11.3 Å². The van der Waals surface area contributed by atoms with Gasteiger partial charge in [-0.05, 0) is 31.5 Å². The summed E-state index contributed by atoms with van der Waals surface area (Å²) in [6.45, 7) is 8.13. The van der Waals surface area contributed by atoms with Crippen molar-refractivity contribution in [1.82, 2.24) is 14.8 Å². The molecule has 6 heteroatoms. The van der Waals surface area contributed by atoms with E-state index in [-0.39, 0.29) is 5.91 Å². The minimum Gasteiger partial charge on any atom is -0.441 e. The number of carbonyl (C=O) groups excluding carboxylic acids is 1. The summed E-state index contributed by atoms with van der Waals surface area (Å²) in [7, 11) is 0. The van der Waals surface area contributed by atoms with Crippen LogP contribution in [0, 0.1) is 6.92 Å². The summed E-state index contributed by atoms with van der Waals surface area (Å²) in [5, 5.41) is 0.670. The maximum absolute atomic E-state index is 12.1. The van der Waals surface area contributed by atoms with Gasteiger partial charge < -0.3 is 9.32 Å². The van der Waals surface area contributed by atoms with Crippen LogP contribution in [0.5, 0.6) is 0 Å². The number of nitrogens with zero attached hydrogens (tertiary/aromatic N) is 3. The van der Waals surface area contributed by atoms with Gasteiger partial charge in [-0.3, -0.25) is 9.69 Å². The van der Waals surface area contributed by atoms with Crippen molar-refractivity contribution >= 4 is 17.5 Å². The fraction of sp³-hybridized carbons (Fsp3) is 0.500. The summed E-state index contributed by atoms with van der Waals surface area (Å²) in [4.78, 5) is 21.1. The van der Waals surface area contributed by atoms with E-state index in [4.69, 9.17) is 16.0 Å². The number of unbranched alkanes of at least 4 members (excludes halogenated alkanes) is 1. The normalized spacial score (nSPS) is 15.4. The second kappa shape index (κ2) is 8.69. The van der Waals surface area contributed by atoms with Gasteiger partial charge in [-0.1, -0.05) is 31.0 Å². The molecule has 0 N–H and O–H groups in total. The van der Waals surface area contributed by atoms with E-state index in [9.17, 15) is 4.79 Å². The predicted molar refractivity (Wildman–Crippen MR) is 103 cm³/mol. The molecule has 2 heterocycles. The zero-order valence-corrected chi connectivity index (χ0v) is 16.3. The molecule has 0 bridgehead atoms. The molecule has 1 aromatic heterocycles. The van der Waals surface area contributed by atoms with Crippen LogP contribution in [0.2, 0.25) is 5.02 Å². The van der Waals surface area contributed by atoms with Crippen molar-refractivity contribution in [3.8, 4) is 11.5 Å². The predicted octanol–water partition coefficient (Wildman–Crippen LogP) is 4.14. The van der Waals surface area contributed by atoms with Crippen LogP contribution in [0.25, 0.3) is 11.5 Å². The number of halogens is 1. The van der Waals surface area contributed by atoms with Crippen molar-refractivity contribution in [3.63, 3.8) is 0 Å². The third kappa shape index (κ3) is 4.65. The second-order valence-corrected chi connectivity index (χ2v) is 7.23. The molecular formula is C20H26ClN3O2. The maximum atomic E-state index is 12.1. The minimum absolute atomic E-state index is 0.285. The lowest BCUT2D eigenvalue weighted by molar-refractivity contribution is -0.133. The molecule has 2 aromatic rings. The Morgan fingerprint density at radius 3 is 2.73 bits per heavy atom. The second-order valence-electron chi connectivity index (χ2n) is 6.79. The van der Waals surface area contributed by atoms with Gasteiger partial charge in [0.05, 0.1) is 5.69 Å². The number of benzene rings is 1. The number of amides is 1. The Kier molecular flexibility index (Phi) is 6.33. The van der Waals surface area contributed by atoms with E-state index in [1.165, 1.54) is 0 Å². The molecule has 0 atom stereocenters. The highest BCUT2D eigenvalue weighted by Crippen LogP contribution is 2.25. The van der Waals surface area contributed by atoms with Gasteiger partial charge in [0.25, 0.3) is 0 Å². The van der Waals surface area contributed by atoms with Crippen LogP contribution in [0.4, 0.5) is 0 Å². The van der Waals surface area contributed by atoms with Crippen molar-refractivity contribution < 1.29 is 9.21 Å². The molecule has 1 fully saturated rings. The van der Waals surface area contributed by atoms with Gasteiger partial charge in [0.15, 0.2) is 0 Å². The lowest BCUT2D eigenvalue weighted by atomic mass is 10.2. The Hall–Kier alpha value is -1.85. The van der Waals surface area contributed by atoms with Gasteiger partial charge in [-0.2, -0.15) is 0 Å². The van der Waals surface area contributed by atoms with Crippen LogP contribution in [-0.4, -0.2) is 46.9 Å². The summed E-state index contributed by atoms with van der Waals surface area (Å²) in [5.74, 6) is 1.72. The first kappa shape index (κ1) is 18.9. The highest BCUT2D eigenvalue weighted by atomic mass is 35.5. The van der Waals surface area contributed by atoms with E-state index >= 15 is 0 Å². The van der Waals surface area contributed by atoms with Crippen LogP contribution >= 0.6 is 11.6 Å². The molecule has 0 aliphatic carbocycles. The molecule has 0 saturated carbocycles. The highest BCUT2D eigenvalue weighted by molar-refractivity contribution is 6.30. The Bertz CT molecular complexity index is 751. The van der Waals surface area contributed by atoms with E-state index in [1.807, 2.05) is 36.1 Å². The Morgan fingerprint density at radius 1 is 1.27 bits per heavy atom. The third-order valence-electron chi connectivity index (χ3n) is 4.81. The maximum Gasteiger partial charge on any atom is 0.226 e. The average Bonchev–Trinajstić information content (AvgIpc) is 3.01. The molecule has 1 aromatic carbocycles. The Morgan fingerprint density at radius 2 is 2.04 bits per heavy atom. The van der Waals surface area contributed by atoms with Crippen LogP contribution < -0.4 is 0 Å². The van der Waals surface area contributed by atoms with Gasteiger partial charge in [0, 0.05) is 49.7 Å². The number of rotatable bonds is 6. The SMILES string of the molecule is CCCCC(=O)N1CCN(Cc2nc(-c3cccc(Cl)c3)oc2C)CC1. The fourth-order valence-electron chi connectivity index (χ4n) is 3.17. The Labute approximate surface area is 159 Å². The third-order valence-corrected chi connectivity index (χ3v) is 5.04. The lowest BCUT2D eigenvalue weighted by Gasteiger charge is -2.34. The zero-order chi connectivity index (χ0) is 18.5. The molecular weight excluding hydrogens is 350 g/mol. The Balaban J connectivity index is 1.58. The number of hydrogen-bond donors (Lipinski definition) is 0. The van der Waals surface area contributed by atoms with Gasteiger partial charge in [0.1, 0.15) is 5.76 Å². The summed E-state index contributed by atoms with van der Waals surface area (Å²) >= 11 is 6.06. The molecule has 26 heavy (non-hydrogen) atoms. The van der Waals surface area contributed by atoms with E-state index in [2.05, 4.69) is 16.8 Å². The van der Waals surface area contributed by atoms with Crippen LogP contribution in [0.1, 0.15) is 37.6 Å². The van der Waals surface area contributed by atoms with Crippen LogP contribution in [0.15, 0.2) is 28.7 Å². The van der Waals surface area contributed by atoms with Gasteiger partial charge in [-0.25, -0.2) is 4.98 Å². The van der Waals surface area contributed by atoms with Crippen molar-refractivity contribution in [1.29, 1.82) is 0 Å². The van der Waals surface area contributed by atoms with E-state index < -0.39 is 0 Å². The summed E-state index contributed by atoms with van der Waals surface area (Å²) in [5.41, 5.74) is 1.84. The van der Waals surface area contributed by atoms with E-state index in [0.29, 0.717) is 17.3 Å². The first-order valence-electron chi connectivity index (χ1n) is 9.29. The minimum atomic E-state index is 0.285. The van der Waals surface area contributed by atoms with Crippen molar-refractivity contribution in [3.05, 3.63) is 40.7 Å². The smallest absolute Gasteiger partial charge is 0.226 e. The average molecular weight is 376 g/mol. The lowest BCUT2D eigenvalue weighted by Crippen LogP contribution is -2.48. The number of carbonyl (C=O) groups is 1. The van der Waals surface area contributed by atoms with Crippen molar-refractivity contribution in [2.45, 2.75) is 39.7 Å². The number of piperazine rings is 1. The standard InChI is InChI=1S/C20H26ClN3O2/c1-3-4-8-19(25)24-11-9-23(10-12-24)14-18-15(2)26-20(22-18)16-6-5-7-17(21)13-16/h5-7,13H,3-4,8-12,14H2,1-2H3. The monoisotopic (exact) mass is 375 g/mol. The first-order valence-corrected chi connectivity index (χ1v) is 9.67. The topological polar surface area (TPSA) is 49.6 Å². The molecule has 5 nitrogen and oxygen atoms in total. The molecule has 0 spiro atoms. The van der Waals surface area contributed by atoms with Gasteiger partial charge >= 0.3 is 0 Å². The quantitative estimate of drug-likeness (QED) is 0.761. The summed E-state index contributed by atoms with van der Waals surface area (Å²) < 4.78 is 5.84. The van der Waals surface area contributed by atoms with Gasteiger partial charge in [0.2, 0.25) is 11.8 Å². The number of oxazole rings is 1. The van der Waals surface area contributed by atoms with E-state index in [1.54, 1.807) is 0 Å². The van der Waals surface area contributed by atoms with Crippen LogP contribution in [0.3, 0.4) is 0 Å². The molecule has 1 amide bonds. The van der Waals surface area contributed by atoms with E-state index in [0.717, 1.165) is 62.6 Å². The fourth-order valence-corrected chi connectivity index (χ4v) is 3.36. The summed E-state index contributed by atoms with van der Waals surface area (Å²) in [6, 6.07) is 7.54. The highest BCUT2D eigenvalue weighted by Gasteiger charge is 2.22. The molecule has 0 unspecified atom stereocenters. The van der Waals surface area contributed by atoms with Gasteiger partial charge in [-0.15, -0.1) is 0 Å². The molecule has 1 saturated heterocycles. The zero-order valence-electron chi connectivity index (χ0n) is 15.5. The molecule has 1 aliphatic rings. The number of hydrogen-bond acceptors (Lipinski definition) is 4. The molecule has 0 radical (unpaired) electrons. The first-order chi connectivity index (χ1) is 12.6. The molecule has 1 aliphatic heterocycles. The number of aromatic nitrogens is 1. The largest absolute Gasteiger partial charge is 0.441 e. The van der Waals surface area contributed by atoms with Crippen molar-refractivity contribution in [2.75, 3.05) is 26.2 Å².